The Hall–Kier alpha value is -2.04. The predicted octanol–water partition coefficient (Wildman–Crippen LogP) is 3.09. The SMILES string of the molecule is COc1ccc2c(c1)CN(C(=O)[C@H](C)N)C(c1ccccc1)C2.Cl. The van der Waals surface area contributed by atoms with Crippen molar-refractivity contribution < 1.29 is 9.53 Å². The normalized spacial score (nSPS) is 17.5. The highest BCUT2D eigenvalue weighted by Gasteiger charge is 2.32. The summed E-state index contributed by atoms with van der Waals surface area (Å²) in [5, 5.41) is 0. The van der Waals surface area contributed by atoms with Crippen LogP contribution in [0.1, 0.15) is 29.7 Å². The van der Waals surface area contributed by atoms with E-state index in [0.717, 1.165) is 23.3 Å². The number of methoxy groups -OCH3 is 1. The molecule has 1 amide bonds. The summed E-state index contributed by atoms with van der Waals surface area (Å²) in [6.45, 7) is 2.30. The number of nitrogens with two attached hydrogens (primary N) is 1. The third-order valence-electron chi connectivity index (χ3n) is 4.40. The summed E-state index contributed by atoms with van der Waals surface area (Å²) in [6, 6.07) is 15.7. The molecule has 5 heteroatoms. The first-order chi connectivity index (χ1) is 11.1. The van der Waals surface area contributed by atoms with Crippen LogP contribution in [0, 0.1) is 0 Å². The van der Waals surface area contributed by atoms with Crippen LogP contribution in [0.15, 0.2) is 48.5 Å². The quantitative estimate of drug-likeness (QED) is 0.929. The number of amides is 1. The second kappa shape index (κ2) is 7.69. The number of hydrogen-bond acceptors (Lipinski definition) is 3. The van der Waals surface area contributed by atoms with Crippen molar-refractivity contribution in [2.75, 3.05) is 7.11 Å². The van der Waals surface area contributed by atoms with E-state index in [9.17, 15) is 4.79 Å². The van der Waals surface area contributed by atoms with E-state index in [2.05, 4.69) is 18.2 Å². The molecule has 2 N–H and O–H groups in total. The Morgan fingerprint density at radius 1 is 1.21 bits per heavy atom. The Labute approximate surface area is 149 Å². The third kappa shape index (κ3) is 3.55. The summed E-state index contributed by atoms with van der Waals surface area (Å²) in [7, 11) is 1.65. The Balaban J connectivity index is 0.00000208. The van der Waals surface area contributed by atoms with Crippen LogP contribution < -0.4 is 10.5 Å². The van der Waals surface area contributed by atoms with Crippen molar-refractivity contribution >= 4 is 18.3 Å². The first kappa shape index (κ1) is 18.3. The largest absolute Gasteiger partial charge is 0.497 e. The van der Waals surface area contributed by atoms with Gasteiger partial charge in [0.1, 0.15) is 5.75 Å². The molecule has 0 saturated carbocycles. The molecule has 1 heterocycles. The third-order valence-corrected chi connectivity index (χ3v) is 4.40. The zero-order valence-electron chi connectivity index (χ0n) is 13.9. The number of carbonyl (C=O) groups is 1. The minimum atomic E-state index is -0.506. The van der Waals surface area contributed by atoms with Gasteiger partial charge in [0.15, 0.2) is 0 Å². The fourth-order valence-corrected chi connectivity index (χ4v) is 3.15. The van der Waals surface area contributed by atoms with Crippen molar-refractivity contribution in [3.05, 3.63) is 65.2 Å². The molecule has 1 aliphatic rings. The molecule has 0 saturated heterocycles. The maximum absolute atomic E-state index is 12.6. The summed E-state index contributed by atoms with van der Waals surface area (Å²) >= 11 is 0. The van der Waals surface area contributed by atoms with Crippen LogP contribution in [0.4, 0.5) is 0 Å². The molecular formula is C19H23ClN2O2. The zero-order chi connectivity index (χ0) is 16.4. The van der Waals surface area contributed by atoms with Gasteiger partial charge in [0.05, 0.1) is 19.2 Å². The van der Waals surface area contributed by atoms with E-state index < -0.39 is 6.04 Å². The van der Waals surface area contributed by atoms with E-state index in [1.807, 2.05) is 35.2 Å². The molecule has 128 valence electrons. The first-order valence-electron chi connectivity index (χ1n) is 7.87. The van der Waals surface area contributed by atoms with Crippen LogP contribution in [0.5, 0.6) is 5.75 Å². The molecule has 1 aliphatic heterocycles. The lowest BCUT2D eigenvalue weighted by Crippen LogP contribution is -2.46. The molecule has 0 fully saturated rings. The molecule has 1 unspecified atom stereocenters. The number of fused-ring (bicyclic) bond motifs is 1. The molecule has 0 radical (unpaired) electrons. The van der Waals surface area contributed by atoms with E-state index in [4.69, 9.17) is 10.5 Å². The van der Waals surface area contributed by atoms with Crippen LogP contribution in [0.3, 0.4) is 0 Å². The lowest BCUT2D eigenvalue weighted by atomic mass is 9.89. The van der Waals surface area contributed by atoms with Gasteiger partial charge in [-0.3, -0.25) is 4.79 Å². The smallest absolute Gasteiger partial charge is 0.240 e. The Bertz CT molecular complexity index is 704. The van der Waals surface area contributed by atoms with Gasteiger partial charge in [-0.2, -0.15) is 0 Å². The summed E-state index contributed by atoms with van der Waals surface area (Å²) < 4.78 is 5.31. The maximum Gasteiger partial charge on any atom is 0.240 e. The molecule has 0 aromatic heterocycles. The number of carbonyl (C=O) groups excluding carboxylic acids is 1. The van der Waals surface area contributed by atoms with Crippen molar-refractivity contribution in [3.63, 3.8) is 0 Å². The molecular weight excluding hydrogens is 324 g/mol. The van der Waals surface area contributed by atoms with Crippen LogP contribution in [-0.2, 0) is 17.8 Å². The minimum Gasteiger partial charge on any atom is -0.497 e. The highest BCUT2D eigenvalue weighted by molar-refractivity contribution is 5.85. The van der Waals surface area contributed by atoms with Crippen molar-refractivity contribution in [1.29, 1.82) is 0 Å². The summed E-state index contributed by atoms with van der Waals surface area (Å²) in [6.07, 6.45) is 0.793. The fourth-order valence-electron chi connectivity index (χ4n) is 3.15. The second-order valence-electron chi connectivity index (χ2n) is 6.02. The Kier molecular flexibility index (Phi) is 5.86. The Morgan fingerprint density at radius 2 is 1.92 bits per heavy atom. The number of ether oxygens (including phenoxy) is 1. The van der Waals surface area contributed by atoms with Crippen molar-refractivity contribution in [3.8, 4) is 5.75 Å². The molecule has 0 aliphatic carbocycles. The van der Waals surface area contributed by atoms with Gasteiger partial charge in [-0.25, -0.2) is 0 Å². The molecule has 0 spiro atoms. The van der Waals surface area contributed by atoms with E-state index in [1.165, 1.54) is 5.56 Å². The molecule has 2 atom stereocenters. The Morgan fingerprint density at radius 3 is 2.54 bits per heavy atom. The molecule has 2 aromatic carbocycles. The maximum atomic E-state index is 12.6. The highest BCUT2D eigenvalue weighted by atomic mass is 35.5. The van der Waals surface area contributed by atoms with Gasteiger partial charge in [0.25, 0.3) is 0 Å². The molecule has 3 rings (SSSR count). The monoisotopic (exact) mass is 346 g/mol. The predicted molar refractivity (Wildman–Crippen MR) is 97.3 cm³/mol. The van der Waals surface area contributed by atoms with E-state index >= 15 is 0 Å². The van der Waals surface area contributed by atoms with Crippen LogP contribution in [-0.4, -0.2) is 24.0 Å². The van der Waals surface area contributed by atoms with Crippen molar-refractivity contribution in [1.82, 2.24) is 4.90 Å². The van der Waals surface area contributed by atoms with Gasteiger partial charge < -0.3 is 15.4 Å². The van der Waals surface area contributed by atoms with Crippen molar-refractivity contribution in [2.24, 2.45) is 5.73 Å². The van der Waals surface area contributed by atoms with Gasteiger partial charge in [0.2, 0.25) is 5.91 Å². The summed E-state index contributed by atoms with van der Waals surface area (Å²) in [4.78, 5) is 14.5. The van der Waals surface area contributed by atoms with Gasteiger partial charge in [-0.15, -0.1) is 12.4 Å². The zero-order valence-corrected chi connectivity index (χ0v) is 14.8. The van der Waals surface area contributed by atoms with E-state index in [1.54, 1.807) is 14.0 Å². The average Bonchev–Trinajstić information content (AvgIpc) is 2.60. The molecule has 4 nitrogen and oxygen atoms in total. The van der Waals surface area contributed by atoms with Crippen LogP contribution in [0.25, 0.3) is 0 Å². The molecule has 24 heavy (non-hydrogen) atoms. The van der Waals surface area contributed by atoms with Gasteiger partial charge >= 0.3 is 0 Å². The number of halogens is 1. The van der Waals surface area contributed by atoms with Crippen LogP contribution in [0.2, 0.25) is 0 Å². The fraction of sp³-hybridized carbons (Fsp3) is 0.316. The highest BCUT2D eigenvalue weighted by Crippen LogP contribution is 2.35. The number of nitrogens with zero attached hydrogens (tertiary/aromatic N) is 1. The number of rotatable bonds is 3. The lowest BCUT2D eigenvalue weighted by Gasteiger charge is -2.38. The molecule has 2 aromatic rings. The summed E-state index contributed by atoms with van der Waals surface area (Å²) in [5.41, 5.74) is 9.40. The number of hydrogen-bond donors (Lipinski definition) is 1. The van der Waals surface area contributed by atoms with E-state index in [0.29, 0.717) is 6.54 Å². The van der Waals surface area contributed by atoms with E-state index in [-0.39, 0.29) is 24.4 Å². The first-order valence-corrected chi connectivity index (χ1v) is 7.87. The topological polar surface area (TPSA) is 55.6 Å². The average molecular weight is 347 g/mol. The number of benzene rings is 2. The standard InChI is InChI=1S/C19H22N2O2.ClH/c1-13(20)19(22)21-12-16-10-17(23-2)9-8-15(16)11-18(21)14-6-4-3-5-7-14;/h3-10,13,18H,11-12,20H2,1-2H3;1H/t13-,18?;/m0./s1. The minimum absolute atomic E-state index is 0. The van der Waals surface area contributed by atoms with Crippen LogP contribution >= 0.6 is 12.4 Å². The molecule has 0 bridgehead atoms. The second-order valence-corrected chi connectivity index (χ2v) is 6.02. The van der Waals surface area contributed by atoms with Gasteiger partial charge in [0, 0.05) is 6.54 Å². The van der Waals surface area contributed by atoms with Gasteiger partial charge in [-0.1, -0.05) is 36.4 Å². The van der Waals surface area contributed by atoms with Crippen molar-refractivity contribution in [2.45, 2.75) is 32.0 Å². The summed E-state index contributed by atoms with van der Waals surface area (Å²) in [5.74, 6) is 0.794. The lowest BCUT2D eigenvalue weighted by molar-refractivity contribution is -0.136. The van der Waals surface area contributed by atoms with Gasteiger partial charge in [-0.05, 0) is 42.2 Å².